The number of carbonyl (C=O) groups is 1. The van der Waals surface area contributed by atoms with Crippen LogP contribution in [0.2, 0.25) is 5.02 Å². The summed E-state index contributed by atoms with van der Waals surface area (Å²) in [5.74, 6) is 0.254. The molecule has 0 saturated carbocycles. The molecule has 5 nitrogen and oxygen atoms in total. The Morgan fingerprint density at radius 2 is 1.83 bits per heavy atom. The highest BCUT2D eigenvalue weighted by molar-refractivity contribution is 6.30. The molecule has 5 rings (SSSR count). The molecule has 6 heteroatoms. The monoisotopic (exact) mass is 405 g/mol. The topological polar surface area (TPSA) is 49.6 Å². The molecule has 0 bridgehead atoms. The zero-order chi connectivity index (χ0) is 20.0. The highest BCUT2D eigenvalue weighted by Gasteiger charge is 2.25. The van der Waals surface area contributed by atoms with Crippen molar-refractivity contribution in [2.45, 2.75) is 6.92 Å². The van der Waals surface area contributed by atoms with E-state index in [4.69, 9.17) is 16.0 Å². The highest BCUT2D eigenvalue weighted by Crippen LogP contribution is 2.25. The molecule has 2 aromatic heterocycles. The van der Waals surface area contributed by atoms with Crippen molar-refractivity contribution in [1.82, 2.24) is 9.88 Å². The second-order valence-electron chi connectivity index (χ2n) is 7.45. The number of hydrogen-bond acceptors (Lipinski definition) is 4. The lowest BCUT2D eigenvalue weighted by molar-refractivity contribution is 0.0717. The molecule has 0 N–H and O–H groups in total. The summed E-state index contributed by atoms with van der Waals surface area (Å²) in [6.07, 6.45) is 0. The number of halogens is 1. The van der Waals surface area contributed by atoms with Crippen LogP contribution in [-0.4, -0.2) is 42.0 Å². The van der Waals surface area contributed by atoms with Crippen LogP contribution < -0.4 is 4.90 Å². The predicted molar refractivity (Wildman–Crippen MR) is 116 cm³/mol. The van der Waals surface area contributed by atoms with Gasteiger partial charge in [0.15, 0.2) is 5.76 Å². The number of nitrogens with zero attached hydrogens (tertiary/aromatic N) is 3. The predicted octanol–water partition coefficient (Wildman–Crippen LogP) is 4.91. The van der Waals surface area contributed by atoms with Gasteiger partial charge in [0.2, 0.25) is 5.71 Å². The fourth-order valence-corrected chi connectivity index (χ4v) is 4.02. The van der Waals surface area contributed by atoms with E-state index in [0.717, 1.165) is 45.7 Å². The van der Waals surface area contributed by atoms with Gasteiger partial charge in [-0.3, -0.25) is 4.79 Å². The first-order chi connectivity index (χ1) is 14.1. The first-order valence-corrected chi connectivity index (χ1v) is 10.1. The molecule has 0 unspecified atom stereocenters. The minimum absolute atomic E-state index is 0.0889. The number of amides is 1. The standard InChI is InChI=1S/C23H20ClN3O2/c1-15-5-6-16-12-17-13-21(29-22(17)25-20(16)11-15)23(28)27-9-7-26(8-10-27)19-4-2-3-18(24)14-19/h2-6,11-14H,7-10H2,1H3. The van der Waals surface area contributed by atoms with E-state index in [1.807, 2.05) is 54.3 Å². The van der Waals surface area contributed by atoms with Crippen LogP contribution in [0.25, 0.3) is 22.0 Å². The summed E-state index contributed by atoms with van der Waals surface area (Å²) in [7, 11) is 0. The molecular weight excluding hydrogens is 386 g/mol. The Kier molecular flexibility index (Phi) is 4.40. The third-order valence-electron chi connectivity index (χ3n) is 5.41. The lowest BCUT2D eigenvalue weighted by Crippen LogP contribution is -2.48. The van der Waals surface area contributed by atoms with Gasteiger partial charge in [0.25, 0.3) is 5.91 Å². The molecule has 1 aliphatic rings. The maximum Gasteiger partial charge on any atom is 0.289 e. The Morgan fingerprint density at radius 3 is 2.62 bits per heavy atom. The van der Waals surface area contributed by atoms with E-state index in [0.29, 0.717) is 24.6 Å². The first kappa shape index (κ1) is 18.0. The molecule has 1 saturated heterocycles. The fraction of sp³-hybridized carbons (Fsp3) is 0.217. The van der Waals surface area contributed by atoms with E-state index < -0.39 is 0 Å². The maximum absolute atomic E-state index is 13.0. The normalized spacial score (nSPS) is 14.7. The molecule has 1 aliphatic heterocycles. The molecule has 1 fully saturated rings. The van der Waals surface area contributed by atoms with Gasteiger partial charge >= 0.3 is 0 Å². The lowest BCUT2D eigenvalue weighted by atomic mass is 10.1. The maximum atomic E-state index is 13.0. The van der Waals surface area contributed by atoms with Crippen LogP contribution in [0.5, 0.6) is 0 Å². The van der Waals surface area contributed by atoms with Gasteiger partial charge in [-0.2, -0.15) is 0 Å². The number of fused-ring (bicyclic) bond motifs is 2. The number of aromatic nitrogens is 1. The quantitative estimate of drug-likeness (QED) is 0.475. The Hall–Kier alpha value is -3.05. The molecule has 0 atom stereocenters. The lowest BCUT2D eigenvalue weighted by Gasteiger charge is -2.35. The van der Waals surface area contributed by atoms with E-state index in [2.05, 4.69) is 16.0 Å². The zero-order valence-electron chi connectivity index (χ0n) is 16.1. The Bertz CT molecular complexity index is 1230. The number of carbonyl (C=O) groups excluding carboxylic acids is 1. The van der Waals surface area contributed by atoms with Crippen LogP contribution in [-0.2, 0) is 0 Å². The summed E-state index contributed by atoms with van der Waals surface area (Å²) in [5.41, 5.74) is 3.61. The van der Waals surface area contributed by atoms with Gasteiger partial charge in [0.1, 0.15) is 0 Å². The van der Waals surface area contributed by atoms with Gasteiger partial charge in [-0.05, 0) is 48.9 Å². The van der Waals surface area contributed by atoms with Crippen molar-refractivity contribution in [3.63, 3.8) is 0 Å². The van der Waals surface area contributed by atoms with Crippen LogP contribution in [0.15, 0.2) is 59.0 Å². The molecule has 3 heterocycles. The van der Waals surface area contributed by atoms with E-state index >= 15 is 0 Å². The summed E-state index contributed by atoms with van der Waals surface area (Å²) in [6.45, 7) is 4.82. The number of benzene rings is 2. The van der Waals surface area contributed by atoms with E-state index in [9.17, 15) is 4.79 Å². The number of anilines is 1. The minimum atomic E-state index is -0.0889. The van der Waals surface area contributed by atoms with Crippen LogP contribution >= 0.6 is 11.6 Å². The average Bonchev–Trinajstić information content (AvgIpc) is 3.14. The molecular formula is C23H20ClN3O2. The molecule has 0 aliphatic carbocycles. The average molecular weight is 406 g/mol. The second kappa shape index (κ2) is 7.08. The van der Waals surface area contributed by atoms with Crippen LogP contribution in [0.1, 0.15) is 16.1 Å². The number of furan rings is 1. The van der Waals surface area contributed by atoms with E-state index in [1.165, 1.54) is 0 Å². The van der Waals surface area contributed by atoms with Gasteiger partial charge in [0.05, 0.1) is 5.52 Å². The van der Waals surface area contributed by atoms with Gasteiger partial charge in [-0.1, -0.05) is 29.8 Å². The van der Waals surface area contributed by atoms with Gasteiger partial charge in [0, 0.05) is 47.7 Å². The molecule has 1 amide bonds. The van der Waals surface area contributed by atoms with Gasteiger partial charge in [-0.25, -0.2) is 4.98 Å². The Labute approximate surface area is 173 Å². The molecule has 0 radical (unpaired) electrons. The summed E-state index contributed by atoms with van der Waals surface area (Å²) >= 11 is 6.10. The third-order valence-corrected chi connectivity index (χ3v) is 5.65. The summed E-state index contributed by atoms with van der Waals surface area (Å²) in [5, 5.41) is 2.61. The van der Waals surface area contributed by atoms with Crippen LogP contribution in [0.4, 0.5) is 5.69 Å². The van der Waals surface area contributed by atoms with Gasteiger partial charge in [-0.15, -0.1) is 0 Å². The van der Waals surface area contributed by atoms with E-state index in [-0.39, 0.29) is 5.91 Å². The molecule has 4 aromatic rings. The molecule has 146 valence electrons. The van der Waals surface area contributed by atoms with Gasteiger partial charge < -0.3 is 14.2 Å². The van der Waals surface area contributed by atoms with E-state index in [1.54, 1.807) is 6.07 Å². The minimum Gasteiger partial charge on any atom is -0.433 e. The van der Waals surface area contributed by atoms with Crippen molar-refractivity contribution in [2.24, 2.45) is 0 Å². The summed E-state index contributed by atoms with van der Waals surface area (Å²) < 4.78 is 5.82. The number of hydrogen-bond donors (Lipinski definition) is 0. The number of rotatable bonds is 2. The SMILES string of the molecule is Cc1ccc2cc3cc(C(=O)N4CCN(c5cccc(Cl)c5)CC4)oc3nc2c1. The smallest absolute Gasteiger partial charge is 0.289 e. The number of piperazine rings is 1. The van der Waals surface area contributed by atoms with Crippen molar-refractivity contribution in [3.8, 4) is 0 Å². The summed E-state index contributed by atoms with van der Waals surface area (Å²) in [6, 6.07) is 17.8. The van der Waals surface area contributed by atoms with Crippen LogP contribution in [0, 0.1) is 6.92 Å². The molecule has 29 heavy (non-hydrogen) atoms. The highest BCUT2D eigenvalue weighted by atomic mass is 35.5. The molecule has 0 spiro atoms. The Balaban J connectivity index is 1.35. The largest absolute Gasteiger partial charge is 0.433 e. The molecule has 2 aromatic carbocycles. The van der Waals surface area contributed by atoms with Crippen molar-refractivity contribution in [3.05, 3.63) is 70.9 Å². The third kappa shape index (κ3) is 3.42. The first-order valence-electron chi connectivity index (χ1n) is 9.67. The second-order valence-corrected chi connectivity index (χ2v) is 7.89. The van der Waals surface area contributed by atoms with Crippen molar-refractivity contribution < 1.29 is 9.21 Å². The fourth-order valence-electron chi connectivity index (χ4n) is 3.84. The van der Waals surface area contributed by atoms with Crippen molar-refractivity contribution >= 4 is 45.2 Å². The van der Waals surface area contributed by atoms with Crippen LogP contribution in [0.3, 0.4) is 0 Å². The Morgan fingerprint density at radius 1 is 1.00 bits per heavy atom. The van der Waals surface area contributed by atoms with Crippen molar-refractivity contribution in [2.75, 3.05) is 31.1 Å². The van der Waals surface area contributed by atoms with Crippen molar-refractivity contribution in [1.29, 1.82) is 0 Å². The zero-order valence-corrected chi connectivity index (χ0v) is 16.8. The number of pyridine rings is 1. The summed E-state index contributed by atoms with van der Waals surface area (Å²) in [4.78, 5) is 21.6. The number of aryl methyl sites for hydroxylation is 1.